The predicted octanol–water partition coefficient (Wildman–Crippen LogP) is 3.49. The fraction of sp³-hybridized carbons (Fsp3) is 0.0667. The molecule has 0 spiro atoms. The van der Waals surface area contributed by atoms with E-state index in [-0.39, 0.29) is 5.76 Å². The molecule has 0 radical (unpaired) electrons. The van der Waals surface area contributed by atoms with Gasteiger partial charge in [0, 0.05) is 0 Å². The molecule has 0 aliphatic heterocycles. The van der Waals surface area contributed by atoms with E-state index in [0.717, 1.165) is 16.6 Å². The van der Waals surface area contributed by atoms with Gasteiger partial charge < -0.3 is 8.83 Å². The number of benzene rings is 2. The molecule has 0 aliphatic carbocycles. The predicted molar refractivity (Wildman–Crippen MR) is 80.3 cm³/mol. The summed E-state index contributed by atoms with van der Waals surface area (Å²) in [6, 6.07) is 14.9. The number of para-hydroxylation sites is 4. The van der Waals surface area contributed by atoms with Crippen molar-refractivity contribution in [1.82, 2.24) is 9.55 Å². The first kappa shape index (κ1) is 12.3. The maximum Gasteiger partial charge on any atom is 0.420 e. The summed E-state index contributed by atoms with van der Waals surface area (Å²) >= 11 is 1.36. The Bertz CT molecular complexity index is 950. The van der Waals surface area contributed by atoms with E-state index in [4.69, 9.17) is 8.83 Å². The average molecular weight is 298 g/mol. The van der Waals surface area contributed by atoms with Crippen LogP contribution in [0.3, 0.4) is 0 Å². The zero-order chi connectivity index (χ0) is 14.2. The number of oxazole rings is 2. The summed E-state index contributed by atoms with van der Waals surface area (Å²) in [6.07, 6.45) is 0. The van der Waals surface area contributed by atoms with Crippen molar-refractivity contribution in [2.75, 3.05) is 0 Å². The van der Waals surface area contributed by atoms with Gasteiger partial charge in [0.15, 0.2) is 11.2 Å². The lowest BCUT2D eigenvalue weighted by Crippen LogP contribution is -2.12. The van der Waals surface area contributed by atoms with Crippen LogP contribution in [-0.2, 0) is 5.88 Å². The molecule has 21 heavy (non-hydrogen) atoms. The van der Waals surface area contributed by atoms with Gasteiger partial charge in [0.25, 0.3) is 5.22 Å². The van der Waals surface area contributed by atoms with E-state index in [1.54, 1.807) is 10.6 Å². The molecule has 4 aromatic rings. The highest BCUT2D eigenvalue weighted by Crippen LogP contribution is 2.25. The van der Waals surface area contributed by atoms with Crippen LogP contribution in [0.1, 0.15) is 0 Å². The summed E-state index contributed by atoms with van der Waals surface area (Å²) in [5.41, 5.74) is 2.90. The average Bonchev–Trinajstić information content (AvgIpc) is 3.04. The van der Waals surface area contributed by atoms with Gasteiger partial charge in [-0.15, -0.1) is 0 Å². The molecule has 0 fully saturated rings. The lowest BCUT2D eigenvalue weighted by atomic mass is 10.3. The Kier molecular flexibility index (Phi) is 2.82. The number of rotatable bonds is 3. The molecule has 0 saturated heterocycles. The van der Waals surface area contributed by atoms with Crippen molar-refractivity contribution in [2.45, 2.75) is 11.1 Å². The minimum absolute atomic E-state index is 0.375. The molecule has 4 rings (SSSR count). The van der Waals surface area contributed by atoms with Crippen LogP contribution in [-0.4, -0.2) is 9.55 Å². The fourth-order valence-corrected chi connectivity index (χ4v) is 2.96. The Balaban J connectivity index is 1.66. The first-order valence-electron chi connectivity index (χ1n) is 6.38. The van der Waals surface area contributed by atoms with Gasteiger partial charge in [0.2, 0.25) is 0 Å². The number of thioether (sulfide) groups is 1. The summed E-state index contributed by atoms with van der Waals surface area (Å²) in [4.78, 5) is 16.2. The Hall–Kier alpha value is -2.47. The number of aromatic nitrogens is 2. The monoisotopic (exact) mass is 298 g/mol. The van der Waals surface area contributed by atoms with E-state index >= 15 is 0 Å². The van der Waals surface area contributed by atoms with Gasteiger partial charge in [-0.25, -0.2) is 9.78 Å². The van der Waals surface area contributed by atoms with Gasteiger partial charge in [0.05, 0.1) is 11.4 Å². The summed E-state index contributed by atoms with van der Waals surface area (Å²) in [7, 11) is 0. The number of nitrogens with zero attached hydrogens (tertiary/aromatic N) is 2. The van der Waals surface area contributed by atoms with Crippen molar-refractivity contribution < 1.29 is 8.83 Å². The minimum atomic E-state index is -0.375. The second-order valence-electron chi connectivity index (χ2n) is 4.48. The number of fused-ring (bicyclic) bond motifs is 2. The van der Waals surface area contributed by atoms with Crippen molar-refractivity contribution >= 4 is 34.0 Å². The molecule has 0 unspecified atom stereocenters. The molecule has 5 nitrogen and oxygen atoms in total. The van der Waals surface area contributed by atoms with Crippen LogP contribution in [0.25, 0.3) is 22.2 Å². The van der Waals surface area contributed by atoms with Crippen molar-refractivity contribution in [3.63, 3.8) is 0 Å². The van der Waals surface area contributed by atoms with Crippen molar-refractivity contribution in [1.29, 1.82) is 0 Å². The highest BCUT2D eigenvalue weighted by Gasteiger charge is 2.11. The number of hydrogen-bond acceptors (Lipinski definition) is 5. The van der Waals surface area contributed by atoms with E-state index in [9.17, 15) is 4.79 Å². The Labute approximate surface area is 123 Å². The summed E-state index contributed by atoms with van der Waals surface area (Å²) in [6.45, 7) is 0. The van der Waals surface area contributed by atoms with Crippen molar-refractivity contribution in [2.24, 2.45) is 0 Å². The maximum absolute atomic E-state index is 11.9. The molecule has 6 heteroatoms. The normalized spacial score (nSPS) is 11.4. The van der Waals surface area contributed by atoms with Crippen molar-refractivity contribution in [3.05, 3.63) is 59.1 Å². The van der Waals surface area contributed by atoms with Crippen LogP contribution in [0.15, 0.2) is 67.4 Å². The molecule has 0 amide bonds. The third-order valence-corrected chi connectivity index (χ3v) is 3.97. The summed E-state index contributed by atoms with van der Waals surface area (Å²) in [5, 5.41) is 0.536. The fourth-order valence-electron chi connectivity index (χ4n) is 2.17. The molecule has 0 N–H and O–H groups in total. The summed E-state index contributed by atoms with van der Waals surface area (Å²) in [5.74, 6) is 0.0164. The molecule has 0 aliphatic rings. The van der Waals surface area contributed by atoms with Crippen LogP contribution < -0.4 is 5.76 Å². The largest absolute Gasteiger partial charge is 0.431 e. The van der Waals surface area contributed by atoms with E-state index in [2.05, 4.69) is 4.98 Å². The Morgan fingerprint density at radius 2 is 1.76 bits per heavy atom. The van der Waals surface area contributed by atoms with Gasteiger partial charge in [-0.3, -0.25) is 4.57 Å². The van der Waals surface area contributed by atoms with Crippen LogP contribution in [0, 0.1) is 0 Å². The molecule has 104 valence electrons. The van der Waals surface area contributed by atoms with E-state index < -0.39 is 0 Å². The van der Waals surface area contributed by atoms with Gasteiger partial charge in [-0.1, -0.05) is 24.3 Å². The highest BCUT2D eigenvalue weighted by molar-refractivity contribution is 7.98. The van der Waals surface area contributed by atoms with E-state index in [0.29, 0.717) is 16.7 Å². The maximum atomic E-state index is 11.9. The smallest absolute Gasteiger partial charge is 0.420 e. The minimum Gasteiger partial charge on any atom is -0.431 e. The summed E-state index contributed by atoms with van der Waals surface area (Å²) < 4.78 is 12.4. The molecule has 2 aromatic heterocycles. The third kappa shape index (κ3) is 2.13. The second kappa shape index (κ2) is 4.82. The molecule has 2 aromatic carbocycles. The zero-order valence-electron chi connectivity index (χ0n) is 10.9. The SMILES string of the molecule is O=c1oc2ccccc2n1CSc1nc2ccccc2o1. The molecule has 0 atom stereocenters. The van der Waals surface area contributed by atoms with Crippen LogP contribution in [0.2, 0.25) is 0 Å². The topological polar surface area (TPSA) is 61.2 Å². The van der Waals surface area contributed by atoms with Crippen molar-refractivity contribution in [3.8, 4) is 0 Å². The van der Waals surface area contributed by atoms with Crippen LogP contribution in [0.4, 0.5) is 0 Å². The van der Waals surface area contributed by atoms with Crippen LogP contribution in [0.5, 0.6) is 0 Å². The van der Waals surface area contributed by atoms with E-state index in [1.807, 2.05) is 42.5 Å². The van der Waals surface area contributed by atoms with Gasteiger partial charge in [-0.2, -0.15) is 0 Å². The first-order chi connectivity index (χ1) is 10.3. The van der Waals surface area contributed by atoms with Gasteiger partial charge >= 0.3 is 5.76 Å². The standard InChI is InChI=1S/C15H10N2O3S/c18-15-17(11-6-2-4-8-13(11)20-15)9-21-14-16-10-5-1-3-7-12(10)19-14/h1-8H,9H2. The Morgan fingerprint density at radius 1 is 1.00 bits per heavy atom. The molecule has 0 saturated carbocycles. The third-order valence-electron chi connectivity index (χ3n) is 3.17. The molecule has 2 heterocycles. The first-order valence-corrected chi connectivity index (χ1v) is 7.36. The Morgan fingerprint density at radius 3 is 2.62 bits per heavy atom. The van der Waals surface area contributed by atoms with Gasteiger partial charge in [-0.05, 0) is 36.0 Å². The quantitative estimate of drug-likeness (QED) is 0.542. The van der Waals surface area contributed by atoms with Gasteiger partial charge in [0.1, 0.15) is 5.52 Å². The second-order valence-corrected chi connectivity index (χ2v) is 5.38. The number of hydrogen-bond donors (Lipinski definition) is 0. The van der Waals surface area contributed by atoms with E-state index in [1.165, 1.54) is 11.8 Å². The van der Waals surface area contributed by atoms with Crippen LogP contribution >= 0.6 is 11.8 Å². The lowest BCUT2D eigenvalue weighted by Gasteiger charge is -1.98. The highest BCUT2D eigenvalue weighted by atomic mass is 32.2. The molecular formula is C15H10N2O3S. The molecular weight excluding hydrogens is 288 g/mol. The molecule has 0 bridgehead atoms. The lowest BCUT2D eigenvalue weighted by molar-refractivity contribution is 0.487. The zero-order valence-corrected chi connectivity index (χ0v) is 11.7.